The van der Waals surface area contributed by atoms with E-state index in [1.54, 1.807) is 0 Å². The molecule has 0 unspecified atom stereocenters. The van der Waals surface area contributed by atoms with Gasteiger partial charge >= 0.3 is 0 Å². The fourth-order valence-electron chi connectivity index (χ4n) is 1.71. The van der Waals surface area contributed by atoms with Crippen molar-refractivity contribution in [1.82, 2.24) is 0 Å². The molecule has 1 aliphatic carbocycles. The maximum atomic E-state index is 11.5. The normalized spacial score (nSPS) is 21.1. The van der Waals surface area contributed by atoms with E-state index in [9.17, 15) is 4.79 Å². The maximum Gasteiger partial charge on any atom is 0.167 e. The zero-order valence-corrected chi connectivity index (χ0v) is 6.79. The molecular weight excluding hydrogens is 150 g/mol. The topological polar surface area (TPSA) is 43.1 Å². The molecule has 0 amide bonds. The van der Waals surface area contributed by atoms with Crippen molar-refractivity contribution in [2.75, 3.05) is 6.54 Å². The summed E-state index contributed by atoms with van der Waals surface area (Å²) >= 11 is 0. The molecule has 12 heavy (non-hydrogen) atoms. The van der Waals surface area contributed by atoms with Crippen LogP contribution in [0.4, 0.5) is 0 Å². The minimum Gasteiger partial charge on any atom is -0.330 e. The van der Waals surface area contributed by atoms with Gasteiger partial charge in [0.05, 0.1) is 0 Å². The largest absolute Gasteiger partial charge is 0.330 e. The van der Waals surface area contributed by atoms with Gasteiger partial charge in [0, 0.05) is 18.0 Å². The van der Waals surface area contributed by atoms with Crippen molar-refractivity contribution in [2.45, 2.75) is 6.42 Å². The summed E-state index contributed by atoms with van der Waals surface area (Å²) in [6.07, 6.45) is 0.825. The standard InChI is InChI=1S/C10H11NO/c11-6-8-5-7-3-1-2-4-9(7)10(8)12/h1-4,8H,5-6,11H2/t8-/m1/s1. The molecule has 62 valence electrons. The van der Waals surface area contributed by atoms with E-state index in [0.29, 0.717) is 6.54 Å². The Morgan fingerprint density at radius 1 is 1.42 bits per heavy atom. The number of rotatable bonds is 1. The Morgan fingerprint density at radius 3 is 2.83 bits per heavy atom. The Labute approximate surface area is 71.4 Å². The molecular formula is C10H11NO. The molecule has 2 nitrogen and oxygen atoms in total. The molecule has 2 rings (SSSR count). The molecule has 0 fully saturated rings. The number of carbonyl (C=O) groups excluding carboxylic acids is 1. The Hall–Kier alpha value is -1.15. The first-order valence-corrected chi connectivity index (χ1v) is 4.15. The summed E-state index contributed by atoms with van der Waals surface area (Å²) in [5.41, 5.74) is 7.50. The molecule has 2 heteroatoms. The zero-order valence-electron chi connectivity index (χ0n) is 6.79. The van der Waals surface area contributed by atoms with Crippen molar-refractivity contribution in [3.05, 3.63) is 35.4 Å². The number of ketones is 1. The molecule has 1 aromatic carbocycles. The highest BCUT2D eigenvalue weighted by Gasteiger charge is 2.28. The van der Waals surface area contributed by atoms with Crippen LogP contribution in [0.25, 0.3) is 0 Å². The van der Waals surface area contributed by atoms with E-state index in [4.69, 9.17) is 5.73 Å². The maximum absolute atomic E-state index is 11.5. The van der Waals surface area contributed by atoms with Crippen LogP contribution < -0.4 is 5.73 Å². The molecule has 0 bridgehead atoms. The first-order valence-electron chi connectivity index (χ1n) is 4.15. The Bertz CT molecular complexity index is 319. The average molecular weight is 161 g/mol. The van der Waals surface area contributed by atoms with Gasteiger partial charge in [-0.05, 0) is 12.0 Å². The number of carbonyl (C=O) groups is 1. The van der Waals surface area contributed by atoms with Crippen molar-refractivity contribution in [3.8, 4) is 0 Å². The van der Waals surface area contributed by atoms with Gasteiger partial charge < -0.3 is 5.73 Å². The first-order chi connectivity index (χ1) is 5.83. The number of benzene rings is 1. The van der Waals surface area contributed by atoms with Crippen molar-refractivity contribution in [1.29, 1.82) is 0 Å². The van der Waals surface area contributed by atoms with Crippen molar-refractivity contribution < 1.29 is 4.79 Å². The Kier molecular flexibility index (Phi) is 1.70. The van der Waals surface area contributed by atoms with E-state index < -0.39 is 0 Å². The number of hydrogen-bond acceptors (Lipinski definition) is 2. The van der Waals surface area contributed by atoms with E-state index in [1.807, 2.05) is 24.3 Å². The summed E-state index contributed by atoms with van der Waals surface area (Å²) in [4.78, 5) is 11.5. The van der Waals surface area contributed by atoms with E-state index in [0.717, 1.165) is 17.5 Å². The third-order valence-electron chi connectivity index (χ3n) is 2.40. The van der Waals surface area contributed by atoms with Gasteiger partial charge in [-0.15, -0.1) is 0 Å². The molecule has 0 aromatic heterocycles. The molecule has 0 saturated carbocycles. The van der Waals surface area contributed by atoms with Gasteiger partial charge in [-0.3, -0.25) is 4.79 Å². The molecule has 2 N–H and O–H groups in total. The van der Waals surface area contributed by atoms with E-state index in [1.165, 1.54) is 0 Å². The summed E-state index contributed by atoms with van der Waals surface area (Å²) in [7, 11) is 0. The number of nitrogens with two attached hydrogens (primary N) is 1. The summed E-state index contributed by atoms with van der Waals surface area (Å²) in [6.45, 7) is 0.466. The molecule has 1 aliphatic rings. The fraction of sp³-hybridized carbons (Fsp3) is 0.300. The molecule has 1 atom stereocenters. The smallest absolute Gasteiger partial charge is 0.167 e. The summed E-state index contributed by atoms with van der Waals surface area (Å²) in [6, 6.07) is 7.75. The first kappa shape index (κ1) is 7.50. The second kappa shape index (κ2) is 2.72. The fourth-order valence-corrected chi connectivity index (χ4v) is 1.71. The van der Waals surface area contributed by atoms with Gasteiger partial charge in [0.15, 0.2) is 5.78 Å². The van der Waals surface area contributed by atoms with Crippen LogP contribution in [0.5, 0.6) is 0 Å². The van der Waals surface area contributed by atoms with Crippen molar-refractivity contribution in [2.24, 2.45) is 11.7 Å². The third kappa shape index (κ3) is 0.959. The SMILES string of the molecule is NC[C@H]1Cc2ccccc2C1=O. The number of fused-ring (bicyclic) bond motifs is 1. The second-order valence-electron chi connectivity index (χ2n) is 3.16. The highest BCUT2D eigenvalue weighted by molar-refractivity contribution is 6.02. The zero-order chi connectivity index (χ0) is 8.55. The lowest BCUT2D eigenvalue weighted by Crippen LogP contribution is -2.19. The van der Waals surface area contributed by atoms with Gasteiger partial charge in [-0.2, -0.15) is 0 Å². The van der Waals surface area contributed by atoms with Crippen LogP contribution in [-0.4, -0.2) is 12.3 Å². The van der Waals surface area contributed by atoms with Crippen LogP contribution >= 0.6 is 0 Å². The van der Waals surface area contributed by atoms with E-state index in [-0.39, 0.29) is 11.7 Å². The average Bonchev–Trinajstić information content (AvgIpc) is 2.44. The lowest BCUT2D eigenvalue weighted by molar-refractivity contribution is 0.0941. The second-order valence-corrected chi connectivity index (χ2v) is 3.16. The minimum atomic E-state index is 0.0300. The molecule has 0 spiro atoms. The molecule has 1 aromatic rings. The highest BCUT2D eigenvalue weighted by Crippen LogP contribution is 2.25. The highest BCUT2D eigenvalue weighted by atomic mass is 16.1. The van der Waals surface area contributed by atoms with Crippen molar-refractivity contribution in [3.63, 3.8) is 0 Å². The van der Waals surface area contributed by atoms with Gasteiger partial charge in [0.1, 0.15) is 0 Å². The molecule has 0 saturated heterocycles. The molecule has 0 aliphatic heterocycles. The van der Waals surface area contributed by atoms with E-state index >= 15 is 0 Å². The minimum absolute atomic E-state index is 0.0300. The lowest BCUT2D eigenvalue weighted by atomic mass is 10.1. The summed E-state index contributed by atoms with van der Waals surface area (Å²) in [5, 5.41) is 0. The van der Waals surface area contributed by atoms with Gasteiger partial charge in [0.2, 0.25) is 0 Å². The predicted octanol–water partition coefficient (Wildman–Crippen LogP) is 1.00. The molecule has 0 heterocycles. The van der Waals surface area contributed by atoms with Gasteiger partial charge in [-0.1, -0.05) is 24.3 Å². The van der Waals surface area contributed by atoms with Crippen LogP contribution in [0.1, 0.15) is 15.9 Å². The van der Waals surface area contributed by atoms with Gasteiger partial charge in [0.25, 0.3) is 0 Å². The van der Waals surface area contributed by atoms with Crippen LogP contribution in [0.15, 0.2) is 24.3 Å². The number of Topliss-reactive ketones (excluding diaryl/α,β-unsaturated/α-hetero) is 1. The van der Waals surface area contributed by atoms with E-state index in [2.05, 4.69) is 0 Å². The van der Waals surface area contributed by atoms with Crippen LogP contribution in [-0.2, 0) is 6.42 Å². The van der Waals surface area contributed by atoms with Crippen LogP contribution in [0, 0.1) is 5.92 Å². The van der Waals surface area contributed by atoms with Crippen LogP contribution in [0.3, 0.4) is 0 Å². The number of hydrogen-bond donors (Lipinski definition) is 1. The molecule has 0 radical (unpaired) electrons. The monoisotopic (exact) mass is 161 g/mol. The summed E-state index contributed by atoms with van der Waals surface area (Å²) < 4.78 is 0. The Balaban J connectivity index is 2.42. The third-order valence-corrected chi connectivity index (χ3v) is 2.40. The van der Waals surface area contributed by atoms with Crippen LogP contribution in [0.2, 0.25) is 0 Å². The summed E-state index contributed by atoms with van der Waals surface area (Å²) in [5.74, 6) is 0.246. The Morgan fingerprint density at radius 2 is 2.17 bits per heavy atom. The van der Waals surface area contributed by atoms with Crippen molar-refractivity contribution >= 4 is 5.78 Å². The quantitative estimate of drug-likeness (QED) is 0.667. The lowest BCUT2D eigenvalue weighted by Gasteiger charge is -2.00. The predicted molar refractivity (Wildman–Crippen MR) is 47.0 cm³/mol. The van der Waals surface area contributed by atoms with Gasteiger partial charge in [-0.25, -0.2) is 0 Å².